The third-order valence-corrected chi connectivity index (χ3v) is 3.36. The van der Waals surface area contributed by atoms with Crippen LogP contribution in [0.5, 0.6) is 0 Å². The first-order valence-electron chi connectivity index (χ1n) is 6.58. The highest BCUT2D eigenvalue weighted by atomic mass is 19.1. The second-order valence-electron chi connectivity index (χ2n) is 4.99. The first-order chi connectivity index (χ1) is 9.54. The van der Waals surface area contributed by atoms with Gasteiger partial charge in [0.1, 0.15) is 5.82 Å². The van der Waals surface area contributed by atoms with Gasteiger partial charge in [0.05, 0.1) is 0 Å². The molecule has 6 heteroatoms. The second kappa shape index (κ2) is 6.36. The van der Waals surface area contributed by atoms with Crippen molar-refractivity contribution in [2.45, 2.75) is 19.3 Å². The number of amides is 2. The summed E-state index contributed by atoms with van der Waals surface area (Å²) in [5.74, 6) is -1.20. The fourth-order valence-electron chi connectivity index (χ4n) is 2.40. The smallest absolute Gasteiger partial charge is 0.321 e. The van der Waals surface area contributed by atoms with Crippen LogP contribution in [-0.2, 0) is 4.79 Å². The van der Waals surface area contributed by atoms with Crippen LogP contribution in [0, 0.1) is 11.7 Å². The maximum absolute atomic E-state index is 12.8. The van der Waals surface area contributed by atoms with Crippen molar-refractivity contribution < 1.29 is 19.1 Å². The van der Waals surface area contributed by atoms with Gasteiger partial charge in [-0.25, -0.2) is 9.18 Å². The van der Waals surface area contributed by atoms with E-state index >= 15 is 0 Å². The number of piperidine rings is 1. The molecular formula is C14H17FN2O3. The molecule has 20 heavy (non-hydrogen) atoms. The van der Waals surface area contributed by atoms with Crippen LogP contribution >= 0.6 is 0 Å². The number of halogens is 1. The van der Waals surface area contributed by atoms with E-state index < -0.39 is 5.97 Å². The van der Waals surface area contributed by atoms with E-state index in [9.17, 15) is 14.0 Å². The van der Waals surface area contributed by atoms with E-state index in [1.807, 2.05) is 0 Å². The topological polar surface area (TPSA) is 69.6 Å². The Balaban J connectivity index is 1.91. The minimum Gasteiger partial charge on any atom is -0.481 e. The fraction of sp³-hybridized carbons (Fsp3) is 0.429. The van der Waals surface area contributed by atoms with Crippen molar-refractivity contribution in [2.24, 2.45) is 5.92 Å². The number of hydrogen-bond donors (Lipinski definition) is 2. The number of aliphatic carboxylic acids is 1. The van der Waals surface area contributed by atoms with Gasteiger partial charge in [0, 0.05) is 25.2 Å². The van der Waals surface area contributed by atoms with Gasteiger partial charge in [0.25, 0.3) is 0 Å². The molecule has 2 N–H and O–H groups in total. The Labute approximate surface area is 116 Å². The largest absolute Gasteiger partial charge is 0.481 e. The van der Waals surface area contributed by atoms with Crippen LogP contribution in [0.15, 0.2) is 24.3 Å². The van der Waals surface area contributed by atoms with E-state index in [0.29, 0.717) is 18.8 Å². The van der Waals surface area contributed by atoms with Gasteiger partial charge in [-0.2, -0.15) is 0 Å². The van der Waals surface area contributed by atoms with Crippen LogP contribution in [0.25, 0.3) is 0 Å². The molecule has 0 aliphatic carbocycles. The summed E-state index contributed by atoms with van der Waals surface area (Å²) in [6.07, 6.45) is 1.71. The van der Waals surface area contributed by atoms with Gasteiger partial charge in [0.2, 0.25) is 0 Å². The van der Waals surface area contributed by atoms with Crippen molar-refractivity contribution >= 4 is 17.7 Å². The average Bonchev–Trinajstić information content (AvgIpc) is 2.41. The standard InChI is InChI=1S/C14H17FN2O3/c15-11-3-5-12(6-4-11)16-14(20)17-7-1-2-10(9-17)8-13(18)19/h3-6,10H,1-2,7-9H2,(H,16,20)(H,18,19). The molecule has 1 aromatic rings. The lowest BCUT2D eigenvalue weighted by Crippen LogP contribution is -2.42. The van der Waals surface area contributed by atoms with E-state index in [2.05, 4.69) is 5.32 Å². The first kappa shape index (κ1) is 14.3. The van der Waals surface area contributed by atoms with Crippen LogP contribution in [-0.4, -0.2) is 35.1 Å². The molecule has 0 spiro atoms. The molecule has 5 nitrogen and oxygen atoms in total. The molecule has 0 radical (unpaired) electrons. The molecule has 108 valence electrons. The fourth-order valence-corrected chi connectivity index (χ4v) is 2.40. The Kier molecular flexibility index (Phi) is 4.55. The Morgan fingerprint density at radius 2 is 2.05 bits per heavy atom. The zero-order chi connectivity index (χ0) is 14.5. The lowest BCUT2D eigenvalue weighted by atomic mass is 9.95. The van der Waals surface area contributed by atoms with Crippen molar-refractivity contribution in [3.63, 3.8) is 0 Å². The number of carboxylic acid groups (broad SMARTS) is 1. The van der Waals surface area contributed by atoms with Gasteiger partial charge >= 0.3 is 12.0 Å². The Bertz CT molecular complexity index is 490. The average molecular weight is 280 g/mol. The monoisotopic (exact) mass is 280 g/mol. The zero-order valence-electron chi connectivity index (χ0n) is 11.0. The summed E-state index contributed by atoms with van der Waals surface area (Å²) in [6.45, 7) is 1.06. The number of carboxylic acids is 1. The van der Waals surface area contributed by atoms with Crippen LogP contribution in [0.4, 0.5) is 14.9 Å². The van der Waals surface area contributed by atoms with Gasteiger partial charge in [0.15, 0.2) is 0 Å². The number of carbonyl (C=O) groups is 2. The number of rotatable bonds is 3. The molecule has 1 unspecified atom stereocenters. The molecule has 2 rings (SSSR count). The van der Waals surface area contributed by atoms with E-state index in [0.717, 1.165) is 12.8 Å². The lowest BCUT2D eigenvalue weighted by molar-refractivity contribution is -0.138. The molecule has 1 heterocycles. The van der Waals surface area contributed by atoms with E-state index in [4.69, 9.17) is 5.11 Å². The number of nitrogens with zero attached hydrogens (tertiary/aromatic N) is 1. The van der Waals surface area contributed by atoms with Crippen molar-refractivity contribution in [1.29, 1.82) is 0 Å². The van der Waals surface area contributed by atoms with Gasteiger partial charge in [-0.3, -0.25) is 4.79 Å². The Hall–Kier alpha value is -2.11. The van der Waals surface area contributed by atoms with E-state index in [-0.39, 0.29) is 24.2 Å². The maximum Gasteiger partial charge on any atom is 0.321 e. The minimum atomic E-state index is -0.837. The molecule has 1 fully saturated rings. The van der Waals surface area contributed by atoms with Crippen LogP contribution in [0.2, 0.25) is 0 Å². The van der Waals surface area contributed by atoms with E-state index in [1.54, 1.807) is 4.90 Å². The van der Waals surface area contributed by atoms with Gasteiger partial charge in [-0.15, -0.1) is 0 Å². The highest BCUT2D eigenvalue weighted by molar-refractivity contribution is 5.89. The SMILES string of the molecule is O=C(O)CC1CCCN(C(=O)Nc2ccc(F)cc2)C1. The number of anilines is 1. The molecule has 0 saturated carbocycles. The van der Waals surface area contributed by atoms with Crippen LogP contribution in [0.3, 0.4) is 0 Å². The normalized spacial score (nSPS) is 18.6. The van der Waals surface area contributed by atoms with Crippen molar-refractivity contribution in [3.8, 4) is 0 Å². The number of hydrogen-bond acceptors (Lipinski definition) is 2. The Morgan fingerprint density at radius 3 is 2.70 bits per heavy atom. The zero-order valence-corrected chi connectivity index (χ0v) is 11.0. The molecule has 1 aliphatic rings. The van der Waals surface area contributed by atoms with Crippen molar-refractivity contribution in [3.05, 3.63) is 30.1 Å². The molecular weight excluding hydrogens is 263 g/mol. The summed E-state index contributed by atoms with van der Waals surface area (Å²) in [5, 5.41) is 11.5. The number of urea groups is 1. The number of carbonyl (C=O) groups excluding carboxylic acids is 1. The highest BCUT2D eigenvalue weighted by Gasteiger charge is 2.25. The number of likely N-dealkylation sites (tertiary alicyclic amines) is 1. The maximum atomic E-state index is 12.8. The molecule has 0 bridgehead atoms. The van der Waals surface area contributed by atoms with Crippen molar-refractivity contribution in [2.75, 3.05) is 18.4 Å². The minimum absolute atomic E-state index is 0.000202. The van der Waals surface area contributed by atoms with Gasteiger partial charge in [-0.05, 0) is 43.0 Å². The van der Waals surface area contributed by atoms with Gasteiger partial charge in [-0.1, -0.05) is 0 Å². The number of benzene rings is 1. The molecule has 2 amide bonds. The quantitative estimate of drug-likeness (QED) is 0.894. The van der Waals surface area contributed by atoms with Crippen LogP contribution < -0.4 is 5.32 Å². The molecule has 1 aromatic carbocycles. The summed E-state index contributed by atoms with van der Waals surface area (Å²) in [4.78, 5) is 24.4. The molecule has 1 atom stereocenters. The third kappa shape index (κ3) is 3.94. The summed E-state index contributed by atoms with van der Waals surface area (Å²) >= 11 is 0. The molecule has 1 aliphatic heterocycles. The summed E-state index contributed by atoms with van der Waals surface area (Å²) in [7, 11) is 0. The molecule has 0 aromatic heterocycles. The summed E-state index contributed by atoms with van der Waals surface area (Å²) < 4.78 is 12.8. The van der Waals surface area contributed by atoms with E-state index in [1.165, 1.54) is 24.3 Å². The van der Waals surface area contributed by atoms with Crippen LogP contribution in [0.1, 0.15) is 19.3 Å². The first-order valence-corrected chi connectivity index (χ1v) is 6.58. The second-order valence-corrected chi connectivity index (χ2v) is 4.99. The number of nitrogens with one attached hydrogen (secondary N) is 1. The van der Waals surface area contributed by atoms with Gasteiger partial charge < -0.3 is 15.3 Å². The summed E-state index contributed by atoms with van der Waals surface area (Å²) in [6, 6.07) is 5.27. The highest BCUT2D eigenvalue weighted by Crippen LogP contribution is 2.20. The summed E-state index contributed by atoms with van der Waals surface area (Å²) in [5.41, 5.74) is 0.525. The predicted octanol–water partition coefficient (Wildman–Crippen LogP) is 2.54. The Morgan fingerprint density at radius 1 is 1.35 bits per heavy atom. The third-order valence-electron chi connectivity index (χ3n) is 3.36. The lowest BCUT2D eigenvalue weighted by Gasteiger charge is -2.32. The predicted molar refractivity (Wildman–Crippen MR) is 72.0 cm³/mol. The molecule has 1 saturated heterocycles. The van der Waals surface area contributed by atoms with Crippen molar-refractivity contribution in [1.82, 2.24) is 4.90 Å².